The highest BCUT2D eigenvalue weighted by Gasteiger charge is 2.04. The molecule has 0 aliphatic rings. The normalized spacial score (nSPS) is 10.7. The minimum atomic E-state index is -0.300. The molecular weight excluding hydrogens is 153 g/mol. The van der Waals surface area contributed by atoms with E-state index in [2.05, 4.69) is 18.8 Å². The van der Waals surface area contributed by atoms with Crippen molar-refractivity contribution in [3.63, 3.8) is 0 Å². The first-order valence-corrected chi connectivity index (χ1v) is 4.24. The molecule has 0 fully saturated rings. The Balaban J connectivity index is 2.92. The summed E-state index contributed by atoms with van der Waals surface area (Å²) in [6, 6.07) is 1.97. The minimum Gasteiger partial charge on any atom is -0.264 e. The van der Waals surface area contributed by atoms with Crippen LogP contribution in [0.25, 0.3) is 0 Å². The first-order valence-electron chi connectivity index (χ1n) is 4.24. The number of aromatic nitrogens is 1. The summed E-state index contributed by atoms with van der Waals surface area (Å²) in [6.45, 7) is 3.92. The predicted octanol–water partition coefficient (Wildman–Crippen LogP) is 2.72. The summed E-state index contributed by atoms with van der Waals surface area (Å²) in [5, 5.41) is 0. The quantitative estimate of drug-likeness (QED) is 0.674. The van der Waals surface area contributed by atoms with Crippen LogP contribution in [0.2, 0.25) is 0 Å². The molecule has 1 aromatic heterocycles. The van der Waals surface area contributed by atoms with Crippen LogP contribution in [0.5, 0.6) is 0 Å². The number of pyridine rings is 1. The van der Waals surface area contributed by atoms with Gasteiger partial charge in [0.05, 0.1) is 6.67 Å². The fourth-order valence-electron chi connectivity index (χ4n) is 1.31. The highest BCUT2D eigenvalue weighted by Crippen LogP contribution is 2.18. The third kappa shape index (κ3) is 2.03. The molecule has 12 heavy (non-hydrogen) atoms. The van der Waals surface area contributed by atoms with Gasteiger partial charge < -0.3 is 0 Å². The first kappa shape index (κ1) is 9.17. The van der Waals surface area contributed by atoms with Crippen LogP contribution < -0.4 is 0 Å². The van der Waals surface area contributed by atoms with E-state index >= 15 is 0 Å². The van der Waals surface area contributed by atoms with Crippen molar-refractivity contribution in [3.8, 4) is 0 Å². The zero-order valence-electron chi connectivity index (χ0n) is 7.55. The van der Waals surface area contributed by atoms with Gasteiger partial charge in [-0.3, -0.25) is 9.37 Å². The Hall–Kier alpha value is -0.920. The van der Waals surface area contributed by atoms with Gasteiger partial charge in [-0.05, 0) is 23.1 Å². The number of halogens is 1. The van der Waals surface area contributed by atoms with E-state index in [1.54, 1.807) is 12.4 Å². The molecule has 0 unspecified atom stereocenters. The smallest absolute Gasteiger partial charge is 0.0935 e. The largest absolute Gasteiger partial charge is 0.264 e. The van der Waals surface area contributed by atoms with Crippen LogP contribution in [0.3, 0.4) is 0 Å². The number of nitrogens with zero attached hydrogens (tertiary/aromatic N) is 1. The molecule has 1 heterocycles. The van der Waals surface area contributed by atoms with Gasteiger partial charge in [-0.15, -0.1) is 0 Å². The van der Waals surface area contributed by atoms with Crippen molar-refractivity contribution in [2.24, 2.45) is 0 Å². The summed E-state index contributed by atoms with van der Waals surface area (Å²) in [6.07, 6.45) is 4.01. The average Bonchev–Trinajstić information content (AvgIpc) is 2.05. The van der Waals surface area contributed by atoms with E-state index in [1.165, 1.54) is 5.56 Å². The van der Waals surface area contributed by atoms with Gasteiger partial charge in [-0.2, -0.15) is 0 Å². The third-order valence-electron chi connectivity index (χ3n) is 1.93. The Morgan fingerprint density at radius 2 is 2.25 bits per heavy atom. The zero-order valence-corrected chi connectivity index (χ0v) is 7.55. The molecule has 0 bridgehead atoms. The molecule has 0 saturated carbocycles. The standard InChI is InChI=1S/C10H14FN/c1-8(2)10-4-6-12-7-9(10)3-5-11/h4,6-8H,3,5H2,1-2H3. The van der Waals surface area contributed by atoms with Gasteiger partial charge in [0.1, 0.15) is 0 Å². The van der Waals surface area contributed by atoms with E-state index in [-0.39, 0.29) is 6.67 Å². The lowest BCUT2D eigenvalue weighted by atomic mass is 9.98. The molecular formula is C10H14FN. The van der Waals surface area contributed by atoms with Crippen molar-refractivity contribution in [1.82, 2.24) is 4.98 Å². The van der Waals surface area contributed by atoms with E-state index in [1.807, 2.05) is 6.07 Å². The molecule has 0 spiro atoms. The lowest BCUT2D eigenvalue weighted by molar-refractivity contribution is 0.493. The van der Waals surface area contributed by atoms with Crippen LogP contribution in [0.1, 0.15) is 30.9 Å². The minimum absolute atomic E-state index is 0.300. The van der Waals surface area contributed by atoms with Crippen LogP contribution in [0.15, 0.2) is 18.5 Å². The molecule has 0 saturated heterocycles. The second-order valence-corrected chi connectivity index (χ2v) is 3.17. The summed E-state index contributed by atoms with van der Waals surface area (Å²) in [4.78, 5) is 3.98. The van der Waals surface area contributed by atoms with Gasteiger partial charge in [0.15, 0.2) is 0 Å². The van der Waals surface area contributed by atoms with Crippen LogP contribution >= 0.6 is 0 Å². The van der Waals surface area contributed by atoms with E-state index in [0.717, 1.165) is 5.56 Å². The third-order valence-corrected chi connectivity index (χ3v) is 1.93. The zero-order chi connectivity index (χ0) is 8.97. The van der Waals surface area contributed by atoms with E-state index < -0.39 is 0 Å². The van der Waals surface area contributed by atoms with Crippen molar-refractivity contribution < 1.29 is 4.39 Å². The molecule has 1 aromatic rings. The average molecular weight is 167 g/mol. The first-order chi connectivity index (χ1) is 5.75. The van der Waals surface area contributed by atoms with Crippen molar-refractivity contribution in [2.75, 3.05) is 6.67 Å². The summed E-state index contributed by atoms with van der Waals surface area (Å²) in [5.74, 6) is 0.453. The molecule has 66 valence electrons. The molecule has 1 nitrogen and oxygen atoms in total. The number of aryl methyl sites for hydroxylation is 1. The summed E-state index contributed by atoms with van der Waals surface area (Å²) in [5.41, 5.74) is 2.25. The SMILES string of the molecule is CC(C)c1ccncc1CCF. The second kappa shape index (κ2) is 4.19. The topological polar surface area (TPSA) is 12.9 Å². The summed E-state index contributed by atoms with van der Waals surface area (Å²) in [7, 11) is 0. The van der Waals surface area contributed by atoms with Crippen LogP contribution in [-0.4, -0.2) is 11.7 Å². The Bertz CT molecular complexity index is 245. The molecule has 0 aliphatic heterocycles. The Kier molecular flexibility index (Phi) is 3.20. The molecule has 0 radical (unpaired) electrons. The highest BCUT2D eigenvalue weighted by atomic mass is 19.1. The maximum absolute atomic E-state index is 12.1. The highest BCUT2D eigenvalue weighted by molar-refractivity contribution is 5.26. The molecule has 0 atom stereocenters. The number of rotatable bonds is 3. The maximum atomic E-state index is 12.1. The van der Waals surface area contributed by atoms with E-state index in [9.17, 15) is 4.39 Å². The number of alkyl halides is 1. The Morgan fingerprint density at radius 1 is 1.50 bits per heavy atom. The van der Waals surface area contributed by atoms with Crippen LogP contribution in [0.4, 0.5) is 4.39 Å². The molecule has 0 aliphatic carbocycles. The van der Waals surface area contributed by atoms with Crippen molar-refractivity contribution >= 4 is 0 Å². The Morgan fingerprint density at radius 3 is 2.83 bits per heavy atom. The van der Waals surface area contributed by atoms with Gasteiger partial charge in [0, 0.05) is 18.8 Å². The fourth-order valence-corrected chi connectivity index (χ4v) is 1.31. The molecule has 1 rings (SSSR count). The molecule has 2 heteroatoms. The van der Waals surface area contributed by atoms with Gasteiger partial charge in [-0.1, -0.05) is 13.8 Å². The van der Waals surface area contributed by atoms with Crippen molar-refractivity contribution in [1.29, 1.82) is 0 Å². The number of hydrogen-bond donors (Lipinski definition) is 0. The molecule has 0 N–H and O–H groups in total. The van der Waals surface area contributed by atoms with Crippen LogP contribution in [0, 0.1) is 0 Å². The maximum Gasteiger partial charge on any atom is 0.0935 e. The second-order valence-electron chi connectivity index (χ2n) is 3.17. The summed E-state index contributed by atoms with van der Waals surface area (Å²) < 4.78 is 12.1. The molecule has 0 amide bonds. The van der Waals surface area contributed by atoms with Gasteiger partial charge in [0.2, 0.25) is 0 Å². The monoisotopic (exact) mass is 167 g/mol. The van der Waals surface area contributed by atoms with Crippen molar-refractivity contribution in [2.45, 2.75) is 26.2 Å². The fraction of sp³-hybridized carbons (Fsp3) is 0.500. The van der Waals surface area contributed by atoms with Crippen molar-refractivity contribution in [3.05, 3.63) is 29.6 Å². The van der Waals surface area contributed by atoms with Crippen LogP contribution in [-0.2, 0) is 6.42 Å². The lowest BCUT2D eigenvalue weighted by Gasteiger charge is -2.09. The number of hydrogen-bond acceptors (Lipinski definition) is 1. The van der Waals surface area contributed by atoms with Gasteiger partial charge in [0.25, 0.3) is 0 Å². The van der Waals surface area contributed by atoms with E-state index in [0.29, 0.717) is 12.3 Å². The lowest BCUT2D eigenvalue weighted by Crippen LogP contribution is -1.98. The Labute approximate surface area is 72.6 Å². The van der Waals surface area contributed by atoms with E-state index in [4.69, 9.17) is 0 Å². The molecule has 0 aromatic carbocycles. The predicted molar refractivity (Wildman–Crippen MR) is 48.0 cm³/mol. The van der Waals surface area contributed by atoms with Gasteiger partial charge >= 0.3 is 0 Å². The van der Waals surface area contributed by atoms with Gasteiger partial charge in [-0.25, -0.2) is 0 Å². The summed E-state index contributed by atoms with van der Waals surface area (Å²) >= 11 is 0.